The molecule has 0 aliphatic carbocycles. The summed E-state index contributed by atoms with van der Waals surface area (Å²) < 4.78 is 7.12. The van der Waals surface area contributed by atoms with E-state index in [1.54, 1.807) is 7.11 Å². The van der Waals surface area contributed by atoms with E-state index in [9.17, 15) is 4.79 Å². The fourth-order valence-electron chi connectivity index (χ4n) is 2.25. The molecule has 1 N–H and O–H groups in total. The van der Waals surface area contributed by atoms with E-state index in [0.29, 0.717) is 10.9 Å². The smallest absolute Gasteiger partial charge is 0.230 e. The van der Waals surface area contributed by atoms with Gasteiger partial charge in [0.1, 0.15) is 11.6 Å². The third kappa shape index (κ3) is 4.99. The van der Waals surface area contributed by atoms with Crippen LogP contribution in [0.4, 0.5) is 0 Å². The lowest BCUT2D eigenvalue weighted by atomic mass is 10.2. The molecule has 1 heterocycles. The first kappa shape index (κ1) is 18.3. The Morgan fingerprint density at radius 3 is 2.67 bits per heavy atom. The minimum absolute atomic E-state index is 0.0260. The molecule has 2 rings (SSSR count). The van der Waals surface area contributed by atoms with Gasteiger partial charge in [0.15, 0.2) is 5.16 Å². The van der Waals surface area contributed by atoms with E-state index in [-0.39, 0.29) is 5.91 Å². The molecule has 0 unspecified atom stereocenters. The summed E-state index contributed by atoms with van der Waals surface area (Å²) in [6.07, 6.45) is 3.31. The van der Waals surface area contributed by atoms with Crippen molar-refractivity contribution in [2.24, 2.45) is 0 Å². The zero-order valence-corrected chi connectivity index (χ0v) is 15.2. The Balaban J connectivity index is 1.97. The number of carbonyl (C=O) groups excluding carboxylic acids is 1. The number of carbonyl (C=O) groups is 1. The molecule has 0 fully saturated rings. The first-order valence-corrected chi connectivity index (χ1v) is 9.10. The monoisotopic (exact) mass is 348 g/mol. The Labute approximate surface area is 147 Å². The van der Waals surface area contributed by atoms with Crippen LogP contribution in [-0.2, 0) is 4.79 Å². The maximum absolute atomic E-state index is 11.9. The van der Waals surface area contributed by atoms with Gasteiger partial charge in [0.25, 0.3) is 0 Å². The normalized spacial score (nSPS) is 10.6. The second-order valence-corrected chi connectivity index (χ2v) is 6.35. The van der Waals surface area contributed by atoms with E-state index in [1.807, 2.05) is 35.8 Å². The predicted molar refractivity (Wildman–Crippen MR) is 95.9 cm³/mol. The van der Waals surface area contributed by atoms with Crippen molar-refractivity contribution in [3.63, 3.8) is 0 Å². The third-order valence-corrected chi connectivity index (χ3v) is 4.49. The van der Waals surface area contributed by atoms with Crippen LogP contribution in [-0.4, -0.2) is 40.1 Å². The van der Waals surface area contributed by atoms with Crippen LogP contribution in [0.15, 0.2) is 29.4 Å². The summed E-state index contributed by atoms with van der Waals surface area (Å²) in [5.41, 5.74) is 0.948. The van der Waals surface area contributed by atoms with Crippen LogP contribution in [0.1, 0.15) is 32.0 Å². The molecule has 130 valence electrons. The van der Waals surface area contributed by atoms with Gasteiger partial charge in [0.05, 0.1) is 12.9 Å². The van der Waals surface area contributed by atoms with Crippen molar-refractivity contribution in [1.82, 2.24) is 20.1 Å². The Bertz CT molecular complexity index is 655. The van der Waals surface area contributed by atoms with Crippen molar-refractivity contribution in [2.45, 2.75) is 38.3 Å². The Hall–Kier alpha value is -2.02. The summed E-state index contributed by atoms with van der Waals surface area (Å²) in [5, 5.41) is 12.0. The second kappa shape index (κ2) is 9.32. The van der Waals surface area contributed by atoms with Gasteiger partial charge in [0.2, 0.25) is 5.91 Å². The quantitative estimate of drug-likeness (QED) is 0.557. The molecule has 7 heteroatoms. The van der Waals surface area contributed by atoms with E-state index < -0.39 is 0 Å². The zero-order chi connectivity index (χ0) is 17.4. The van der Waals surface area contributed by atoms with Gasteiger partial charge in [-0.1, -0.05) is 31.5 Å². The molecule has 0 saturated heterocycles. The lowest BCUT2D eigenvalue weighted by molar-refractivity contribution is -0.118. The Morgan fingerprint density at radius 2 is 2.00 bits per heavy atom. The fraction of sp³-hybridized carbons (Fsp3) is 0.471. The molecular formula is C17H24N4O2S. The highest BCUT2D eigenvalue weighted by Crippen LogP contribution is 2.23. The fourth-order valence-corrected chi connectivity index (χ4v) is 3.08. The molecule has 1 aromatic heterocycles. The molecule has 6 nitrogen and oxygen atoms in total. The van der Waals surface area contributed by atoms with Gasteiger partial charge in [-0.3, -0.25) is 9.36 Å². The zero-order valence-electron chi connectivity index (χ0n) is 14.4. The summed E-state index contributed by atoms with van der Waals surface area (Å²) in [4.78, 5) is 11.9. The minimum Gasteiger partial charge on any atom is -0.497 e. The number of hydrogen-bond donors (Lipinski definition) is 1. The molecule has 0 spiro atoms. The van der Waals surface area contributed by atoms with E-state index in [1.165, 1.54) is 11.8 Å². The number of nitrogens with one attached hydrogen (secondary N) is 1. The van der Waals surface area contributed by atoms with Crippen LogP contribution in [0.5, 0.6) is 5.75 Å². The number of ether oxygens (including phenoxy) is 1. The largest absolute Gasteiger partial charge is 0.497 e. The number of nitrogens with zero attached hydrogens (tertiary/aromatic N) is 3. The van der Waals surface area contributed by atoms with Gasteiger partial charge in [-0.15, -0.1) is 10.2 Å². The van der Waals surface area contributed by atoms with Crippen LogP contribution in [0, 0.1) is 6.92 Å². The van der Waals surface area contributed by atoms with Crippen molar-refractivity contribution < 1.29 is 9.53 Å². The first-order chi connectivity index (χ1) is 11.7. The van der Waals surface area contributed by atoms with Crippen molar-refractivity contribution in [1.29, 1.82) is 0 Å². The molecule has 0 radical (unpaired) electrons. The van der Waals surface area contributed by atoms with Crippen LogP contribution in [0.2, 0.25) is 0 Å². The first-order valence-electron chi connectivity index (χ1n) is 8.11. The summed E-state index contributed by atoms with van der Waals surface area (Å²) in [5.74, 6) is 1.94. The van der Waals surface area contributed by atoms with E-state index in [4.69, 9.17) is 4.74 Å². The maximum atomic E-state index is 11.9. The molecule has 24 heavy (non-hydrogen) atoms. The molecule has 1 amide bonds. The third-order valence-electron chi connectivity index (χ3n) is 3.56. The molecule has 2 aromatic rings. The van der Waals surface area contributed by atoms with Gasteiger partial charge in [0, 0.05) is 12.2 Å². The molecular weight excluding hydrogens is 324 g/mol. The number of amides is 1. The Morgan fingerprint density at radius 1 is 1.25 bits per heavy atom. The van der Waals surface area contributed by atoms with Gasteiger partial charge in [-0.25, -0.2) is 0 Å². The predicted octanol–water partition coefficient (Wildman–Crippen LogP) is 2.98. The summed E-state index contributed by atoms with van der Waals surface area (Å²) >= 11 is 1.39. The minimum atomic E-state index is 0.0260. The number of methoxy groups -OCH3 is 1. The summed E-state index contributed by atoms with van der Waals surface area (Å²) in [6, 6.07) is 7.68. The highest BCUT2D eigenvalue weighted by molar-refractivity contribution is 7.99. The molecule has 0 saturated carbocycles. The van der Waals surface area contributed by atoms with Crippen molar-refractivity contribution in [3.8, 4) is 11.4 Å². The van der Waals surface area contributed by atoms with Gasteiger partial charge in [-0.05, 0) is 37.6 Å². The van der Waals surface area contributed by atoms with Crippen LogP contribution in [0.3, 0.4) is 0 Å². The van der Waals surface area contributed by atoms with E-state index in [0.717, 1.165) is 43.1 Å². The number of unbranched alkanes of at least 4 members (excludes halogenated alkanes) is 2. The molecule has 0 bridgehead atoms. The highest BCUT2D eigenvalue weighted by atomic mass is 32.2. The molecule has 0 aliphatic rings. The number of aromatic nitrogens is 3. The van der Waals surface area contributed by atoms with E-state index in [2.05, 4.69) is 22.4 Å². The molecule has 0 atom stereocenters. The van der Waals surface area contributed by atoms with Gasteiger partial charge >= 0.3 is 0 Å². The maximum Gasteiger partial charge on any atom is 0.230 e. The number of thioether (sulfide) groups is 1. The van der Waals surface area contributed by atoms with Gasteiger partial charge < -0.3 is 10.1 Å². The topological polar surface area (TPSA) is 69.0 Å². The average Bonchev–Trinajstić information content (AvgIpc) is 2.97. The lowest BCUT2D eigenvalue weighted by Crippen LogP contribution is -2.26. The number of benzene rings is 1. The lowest BCUT2D eigenvalue weighted by Gasteiger charge is -2.09. The standard InChI is InChI=1S/C17H24N4O2S/c1-4-5-6-11-18-16(22)12-24-17-20-19-13(2)21(17)14-7-9-15(23-3)10-8-14/h7-10H,4-6,11-12H2,1-3H3,(H,18,22). The van der Waals surface area contributed by atoms with Crippen molar-refractivity contribution in [2.75, 3.05) is 19.4 Å². The number of rotatable bonds is 9. The number of aryl methyl sites for hydroxylation is 1. The second-order valence-electron chi connectivity index (χ2n) is 5.41. The van der Waals surface area contributed by atoms with Crippen molar-refractivity contribution in [3.05, 3.63) is 30.1 Å². The van der Waals surface area contributed by atoms with Crippen LogP contribution in [0.25, 0.3) is 5.69 Å². The molecule has 1 aromatic carbocycles. The van der Waals surface area contributed by atoms with Crippen LogP contribution < -0.4 is 10.1 Å². The SMILES string of the molecule is CCCCCNC(=O)CSc1nnc(C)n1-c1ccc(OC)cc1. The van der Waals surface area contributed by atoms with Crippen molar-refractivity contribution >= 4 is 17.7 Å². The summed E-state index contributed by atoms with van der Waals surface area (Å²) in [6.45, 7) is 4.77. The molecule has 0 aliphatic heterocycles. The van der Waals surface area contributed by atoms with Gasteiger partial charge in [-0.2, -0.15) is 0 Å². The summed E-state index contributed by atoms with van der Waals surface area (Å²) in [7, 11) is 1.64. The van der Waals surface area contributed by atoms with E-state index >= 15 is 0 Å². The average molecular weight is 348 g/mol. The highest BCUT2D eigenvalue weighted by Gasteiger charge is 2.13. The van der Waals surface area contributed by atoms with Crippen LogP contribution >= 0.6 is 11.8 Å². The Kier molecular flexibility index (Phi) is 7.11. The number of hydrogen-bond acceptors (Lipinski definition) is 5.